The monoisotopic (exact) mass is 227 g/mol. The molecule has 0 saturated heterocycles. The van der Waals surface area contributed by atoms with E-state index in [-0.39, 0.29) is 18.2 Å². The van der Waals surface area contributed by atoms with E-state index in [1.165, 1.54) is 0 Å². The van der Waals surface area contributed by atoms with Crippen LogP contribution in [0.4, 0.5) is 13.2 Å². The summed E-state index contributed by atoms with van der Waals surface area (Å²) in [6.45, 7) is 0.218. The van der Waals surface area contributed by atoms with Crippen LogP contribution in [-0.2, 0) is 6.54 Å². The molecule has 0 spiro atoms. The second kappa shape index (κ2) is 4.70. The van der Waals surface area contributed by atoms with Crippen molar-refractivity contribution in [3.63, 3.8) is 0 Å². The first-order valence-corrected chi connectivity index (χ1v) is 5.18. The second-order valence-corrected chi connectivity index (χ2v) is 3.88. The van der Waals surface area contributed by atoms with Gasteiger partial charge in [-0.2, -0.15) is 0 Å². The molecule has 1 aliphatic carbocycles. The van der Waals surface area contributed by atoms with Crippen molar-refractivity contribution in [3.8, 4) is 0 Å². The molecule has 0 aromatic heterocycles. The Morgan fingerprint density at radius 1 is 1.00 bits per heavy atom. The smallest absolute Gasteiger partial charge is 0.161 e. The summed E-state index contributed by atoms with van der Waals surface area (Å²) >= 11 is 0. The average Bonchev–Trinajstić information content (AvgIpc) is 2.74. The second-order valence-electron chi connectivity index (χ2n) is 3.88. The van der Waals surface area contributed by atoms with Crippen molar-refractivity contribution in [2.24, 2.45) is 0 Å². The molecule has 1 aromatic rings. The fourth-order valence-corrected chi connectivity index (χ4v) is 1.74. The third-order valence-corrected chi connectivity index (χ3v) is 2.68. The lowest BCUT2D eigenvalue weighted by molar-refractivity contribution is 0.478. The van der Waals surface area contributed by atoms with Crippen molar-refractivity contribution in [2.45, 2.75) is 25.4 Å². The van der Waals surface area contributed by atoms with Gasteiger partial charge >= 0.3 is 0 Å². The number of benzene rings is 1. The highest BCUT2D eigenvalue weighted by atomic mass is 19.2. The maximum absolute atomic E-state index is 13.2. The lowest BCUT2D eigenvalue weighted by atomic mass is 10.1. The van der Waals surface area contributed by atoms with Crippen molar-refractivity contribution >= 4 is 0 Å². The molecule has 4 heteroatoms. The minimum Gasteiger partial charge on any atom is -0.309 e. The van der Waals surface area contributed by atoms with Gasteiger partial charge in [0.05, 0.1) is 0 Å². The van der Waals surface area contributed by atoms with E-state index in [1.54, 1.807) is 0 Å². The molecule has 2 rings (SSSR count). The maximum atomic E-state index is 13.2. The van der Waals surface area contributed by atoms with Crippen molar-refractivity contribution < 1.29 is 13.2 Å². The van der Waals surface area contributed by atoms with Crippen LogP contribution in [-0.4, -0.2) is 6.04 Å². The Balaban J connectivity index is 2.00. The molecule has 1 aromatic carbocycles. The molecule has 0 radical (unpaired) electrons. The molecule has 0 amide bonds. The SMILES string of the molecule is Fc1cc(F)c(CNC2CC=CC2)cc1F. The van der Waals surface area contributed by atoms with Gasteiger partial charge in [0.15, 0.2) is 11.6 Å². The van der Waals surface area contributed by atoms with Crippen LogP contribution in [0, 0.1) is 17.5 Å². The fourth-order valence-electron chi connectivity index (χ4n) is 1.74. The van der Waals surface area contributed by atoms with Crippen LogP contribution in [0.3, 0.4) is 0 Å². The molecular weight excluding hydrogens is 215 g/mol. The minimum atomic E-state index is -1.15. The maximum Gasteiger partial charge on any atom is 0.161 e. The van der Waals surface area contributed by atoms with Crippen molar-refractivity contribution in [3.05, 3.63) is 47.3 Å². The third-order valence-electron chi connectivity index (χ3n) is 2.68. The summed E-state index contributed by atoms with van der Waals surface area (Å²) in [6, 6.07) is 1.76. The third kappa shape index (κ3) is 2.44. The Kier molecular flexibility index (Phi) is 3.29. The first-order chi connectivity index (χ1) is 7.66. The fraction of sp³-hybridized carbons (Fsp3) is 0.333. The zero-order valence-electron chi connectivity index (χ0n) is 8.64. The van der Waals surface area contributed by atoms with Gasteiger partial charge < -0.3 is 5.32 Å². The van der Waals surface area contributed by atoms with Gasteiger partial charge in [-0.3, -0.25) is 0 Å². The van der Waals surface area contributed by atoms with Crippen LogP contribution in [0.2, 0.25) is 0 Å². The number of rotatable bonds is 3. The topological polar surface area (TPSA) is 12.0 Å². The zero-order chi connectivity index (χ0) is 11.5. The first kappa shape index (κ1) is 11.2. The lowest BCUT2D eigenvalue weighted by Crippen LogP contribution is -2.26. The van der Waals surface area contributed by atoms with Crippen molar-refractivity contribution in [1.29, 1.82) is 0 Å². The number of hydrogen-bond donors (Lipinski definition) is 1. The Hall–Kier alpha value is -1.29. The molecule has 16 heavy (non-hydrogen) atoms. The Morgan fingerprint density at radius 2 is 1.62 bits per heavy atom. The molecule has 1 N–H and O–H groups in total. The quantitative estimate of drug-likeness (QED) is 0.618. The number of nitrogens with one attached hydrogen (secondary N) is 1. The van der Waals surface area contributed by atoms with Gasteiger partial charge in [-0.05, 0) is 18.9 Å². The van der Waals surface area contributed by atoms with Crippen LogP contribution in [0.25, 0.3) is 0 Å². The predicted molar refractivity (Wildman–Crippen MR) is 55.3 cm³/mol. The van der Waals surface area contributed by atoms with E-state index < -0.39 is 17.5 Å². The summed E-state index contributed by atoms with van der Waals surface area (Å²) in [6.07, 6.45) is 5.87. The highest BCUT2D eigenvalue weighted by Gasteiger charge is 2.13. The Bertz CT molecular complexity index is 407. The zero-order valence-corrected chi connectivity index (χ0v) is 8.64. The largest absolute Gasteiger partial charge is 0.309 e. The van der Waals surface area contributed by atoms with Gasteiger partial charge in [0, 0.05) is 24.2 Å². The summed E-state index contributed by atoms with van der Waals surface area (Å²) in [7, 11) is 0. The van der Waals surface area contributed by atoms with Crippen LogP contribution < -0.4 is 5.32 Å². The molecule has 1 aliphatic rings. The molecule has 0 heterocycles. The van der Waals surface area contributed by atoms with Gasteiger partial charge in [-0.25, -0.2) is 13.2 Å². The minimum absolute atomic E-state index is 0.158. The van der Waals surface area contributed by atoms with Crippen LogP contribution >= 0.6 is 0 Å². The molecule has 1 nitrogen and oxygen atoms in total. The summed E-state index contributed by atoms with van der Waals surface area (Å²) in [5.74, 6) is -2.87. The molecule has 0 fully saturated rings. The molecular formula is C12H12F3N. The van der Waals surface area contributed by atoms with E-state index in [2.05, 4.69) is 5.32 Å². The molecule has 0 atom stereocenters. The van der Waals surface area contributed by atoms with Gasteiger partial charge in [0.2, 0.25) is 0 Å². The van der Waals surface area contributed by atoms with Gasteiger partial charge in [0.1, 0.15) is 5.82 Å². The van der Waals surface area contributed by atoms with Crippen molar-refractivity contribution in [1.82, 2.24) is 5.32 Å². The summed E-state index contributed by atoms with van der Waals surface area (Å²) in [5.41, 5.74) is 0.158. The summed E-state index contributed by atoms with van der Waals surface area (Å²) in [5, 5.41) is 3.09. The number of hydrogen-bond acceptors (Lipinski definition) is 1. The van der Waals surface area contributed by atoms with Crippen LogP contribution in [0.15, 0.2) is 24.3 Å². The van der Waals surface area contributed by atoms with E-state index in [0.717, 1.165) is 18.9 Å². The molecule has 0 bridgehead atoms. The normalized spacial score (nSPS) is 15.9. The van der Waals surface area contributed by atoms with Crippen LogP contribution in [0.5, 0.6) is 0 Å². The van der Waals surface area contributed by atoms with Gasteiger partial charge in [-0.1, -0.05) is 12.2 Å². The molecule has 0 saturated carbocycles. The highest BCUT2D eigenvalue weighted by molar-refractivity contribution is 5.20. The van der Waals surface area contributed by atoms with E-state index in [0.29, 0.717) is 6.07 Å². The molecule has 86 valence electrons. The van der Waals surface area contributed by atoms with Gasteiger partial charge in [0.25, 0.3) is 0 Å². The van der Waals surface area contributed by atoms with E-state index in [4.69, 9.17) is 0 Å². The van der Waals surface area contributed by atoms with E-state index >= 15 is 0 Å². The van der Waals surface area contributed by atoms with E-state index in [9.17, 15) is 13.2 Å². The Morgan fingerprint density at radius 3 is 2.31 bits per heavy atom. The van der Waals surface area contributed by atoms with Crippen LogP contribution in [0.1, 0.15) is 18.4 Å². The first-order valence-electron chi connectivity index (χ1n) is 5.18. The summed E-state index contributed by atoms with van der Waals surface area (Å²) < 4.78 is 38.8. The van der Waals surface area contributed by atoms with Crippen molar-refractivity contribution in [2.75, 3.05) is 0 Å². The van der Waals surface area contributed by atoms with Gasteiger partial charge in [-0.15, -0.1) is 0 Å². The Labute approximate surface area is 92.0 Å². The number of halogens is 3. The molecule has 0 unspecified atom stereocenters. The highest BCUT2D eigenvalue weighted by Crippen LogP contribution is 2.15. The van der Waals surface area contributed by atoms with E-state index in [1.807, 2.05) is 12.2 Å². The molecule has 0 aliphatic heterocycles. The standard InChI is InChI=1S/C12H12F3N/c13-10-6-12(15)11(14)5-8(10)7-16-9-3-1-2-4-9/h1-2,5-6,9,16H,3-4,7H2. The average molecular weight is 227 g/mol. The lowest BCUT2D eigenvalue weighted by Gasteiger charge is -2.12. The summed E-state index contributed by atoms with van der Waals surface area (Å²) in [4.78, 5) is 0. The predicted octanol–water partition coefficient (Wildman–Crippen LogP) is 2.91.